The molecule has 3 aliphatic heterocycles. The van der Waals surface area contributed by atoms with Gasteiger partial charge in [-0.05, 0) is 75.0 Å². The number of aliphatic carboxylic acids is 1. The van der Waals surface area contributed by atoms with Crippen molar-refractivity contribution in [2.45, 2.75) is 32.4 Å². The molecule has 0 spiro atoms. The number of benzene rings is 3. The number of aromatic nitrogens is 1. The summed E-state index contributed by atoms with van der Waals surface area (Å²) in [6.45, 7) is 6.55. The predicted molar refractivity (Wildman–Crippen MR) is 194 cm³/mol. The molecule has 51 heavy (non-hydrogen) atoms. The van der Waals surface area contributed by atoms with Crippen LogP contribution < -0.4 is 19.8 Å². The molecule has 1 fully saturated rings. The Morgan fingerprint density at radius 1 is 1.02 bits per heavy atom. The normalized spacial score (nSPS) is 17.5. The van der Waals surface area contributed by atoms with E-state index in [1.165, 1.54) is 6.20 Å². The second kappa shape index (κ2) is 15.0. The summed E-state index contributed by atoms with van der Waals surface area (Å²) in [4.78, 5) is 41.3. The Balaban J connectivity index is 0.000000176. The number of carboxylic acids is 2. The second-order valence-corrected chi connectivity index (χ2v) is 13.5. The predicted octanol–water partition coefficient (Wildman–Crippen LogP) is 5.13. The standard InChI is InChI=1S/C21H23NO3.C18H20FN3O4/c1-22(2)11-5-8-18-17-7-4-3-6-16(17)14-25-20-10-9-15(12-19(18)20)13-21(23)24;1-10-9-26-17-14-11(16(23)12(18(24)25)8-22(10)14)7-13(19)15(17)21-5-3-20(2)4-6-21/h3-4,6-10,12H,5,11,13-14H2,1-2H3,(H,23,24);7-8,10H,3-6,9H2,1-2H3,(H,24,25)/b18-8-;. The van der Waals surface area contributed by atoms with E-state index in [1.54, 1.807) is 4.57 Å². The van der Waals surface area contributed by atoms with Gasteiger partial charge in [0.1, 0.15) is 30.2 Å². The first-order chi connectivity index (χ1) is 24.4. The van der Waals surface area contributed by atoms with Gasteiger partial charge in [-0.25, -0.2) is 9.18 Å². The number of likely N-dealkylation sites (N-methyl/N-ethyl adjacent to an activating group) is 1. The number of pyridine rings is 1. The van der Waals surface area contributed by atoms with Gasteiger partial charge in [-0.3, -0.25) is 9.59 Å². The fourth-order valence-corrected chi connectivity index (χ4v) is 6.78. The summed E-state index contributed by atoms with van der Waals surface area (Å²) >= 11 is 0. The summed E-state index contributed by atoms with van der Waals surface area (Å²) in [5.74, 6) is -1.56. The van der Waals surface area contributed by atoms with E-state index in [4.69, 9.17) is 14.6 Å². The zero-order chi connectivity index (χ0) is 36.4. The van der Waals surface area contributed by atoms with Gasteiger partial charge in [0.25, 0.3) is 0 Å². The van der Waals surface area contributed by atoms with Crippen molar-refractivity contribution < 1.29 is 33.7 Å². The maximum absolute atomic E-state index is 15.0. The Labute approximate surface area is 295 Å². The Bertz CT molecular complexity index is 2070. The highest BCUT2D eigenvalue weighted by atomic mass is 19.1. The third kappa shape index (κ3) is 7.47. The molecule has 268 valence electrons. The molecule has 0 saturated carbocycles. The van der Waals surface area contributed by atoms with Gasteiger partial charge in [-0.2, -0.15) is 0 Å². The highest BCUT2D eigenvalue weighted by Crippen LogP contribution is 2.42. The number of rotatable bonds is 7. The molecular formula is C39H43FN4O7. The molecular weight excluding hydrogens is 655 g/mol. The molecule has 12 heteroatoms. The van der Waals surface area contributed by atoms with Crippen LogP contribution in [0.1, 0.15) is 52.0 Å². The minimum atomic E-state index is -1.32. The number of piperazine rings is 1. The maximum atomic E-state index is 15.0. The van der Waals surface area contributed by atoms with E-state index in [2.05, 4.69) is 42.1 Å². The number of hydrogen-bond donors (Lipinski definition) is 2. The number of ether oxygens (including phenoxy) is 2. The van der Waals surface area contributed by atoms with Crippen molar-refractivity contribution in [2.75, 3.05) is 65.4 Å². The smallest absolute Gasteiger partial charge is 0.341 e. The quantitative estimate of drug-likeness (QED) is 0.268. The third-order valence-electron chi connectivity index (χ3n) is 9.50. The molecule has 2 N–H and O–H groups in total. The Kier molecular flexibility index (Phi) is 10.4. The highest BCUT2D eigenvalue weighted by Gasteiger charge is 2.31. The van der Waals surface area contributed by atoms with Gasteiger partial charge >= 0.3 is 11.9 Å². The van der Waals surface area contributed by atoms with E-state index in [0.717, 1.165) is 65.7 Å². The molecule has 1 atom stereocenters. The van der Waals surface area contributed by atoms with Gasteiger partial charge in [0, 0.05) is 44.5 Å². The topological polar surface area (TPSA) is 125 Å². The van der Waals surface area contributed by atoms with Gasteiger partial charge in [0.2, 0.25) is 5.43 Å². The molecule has 0 bridgehead atoms. The first-order valence-electron chi connectivity index (χ1n) is 17.0. The van der Waals surface area contributed by atoms with Crippen molar-refractivity contribution in [1.82, 2.24) is 14.4 Å². The van der Waals surface area contributed by atoms with Crippen molar-refractivity contribution in [3.05, 3.63) is 105 Å². The third-order valence-corrected chi connectivity index (χ3v) is 9.50. The second-order valence-electron chi connectivity index (χ2n) is 13.5. The van der Waals surface area contributed by atoms with Gasteiger partial charge in [0.15, 0.2) is 11.6 Å². The largest absolute Gasteiger partial charge is 0.488 e. The Morgan fingerprint density at radius 3 is 2.47 bits per heavy atom. The average molecular weight is 699 g/mol. The molecule has 4 aromatic rings. The van der Waals surface area contributed by atoms with Gasteiger partial charge in [0.05, 0.1) is 23.4 Å². The zero-order valence-corrected chi connectivity index (χ0v) is 29.3. The lowest BCUT2D eigenvalue weighted by Gasteiger charge is -2.37. The number of anilines is 1. The van der Waals surface area contributed by atoms with Crippen LogP contribution in [-0.4, -0.2) is 97.0 Å². The zero-order valence-electron chi connectivity index (χ0n) is 29.3. The molecule has 0 amide bonds. The number of nitrogens with zero attached hydrogens (tertiary/aromatic N) is 4. The van der Waals surface area contributed by atoms with E-state index in [0.29, 0.717) is 36.6 Å². The number of aromatic carboxylic acids is 1. The van der Waals surface area contributed by atoms with Crippen LogP contribution >= 0.6 is 0 Å². The fourth-order valence-electron chi connectivity index (χ4n) is 6.78. The summed E-state index contributed by atoms with van der Waals surface area (Å²) < 4.78 is 28.6. The summed E-state index contributed by atoms with van der Waals surface area (Å²) in [5, 5.41) is 18.5. The first-order valence-corrected chi connectivity index (χ1v) is 17.0. The van der Waals surface area contributed by atoms with Crippen LogP contribution in [0, 0.1) is 5.82 Å². The molecule has 1 unspecified atom stereocenters. The minimum Gasteiger partial charge on any atom is -0.488 e. The van der Waals surface area contributed by atoms with Gasteiger partial charge < -0.3 is 39.0 Å². The summed E-state index contributed by atoms with van der Waals surface area (Å²) in [6.07, 6.45) is 4.51. The number of hydrogen-bond acceptors (Lipinski definition) is 8. The van der Waals surface area contributed by atoms with E-state index in [-0.39, 0.29) is 30.0 Å². The molecule has 1 saturated heterocycles. The van der Waals surface area contributed by atoms with E-state index < -0.39 is 23.2 Å². The summed E-state index contributed by atoms with van der Waals surface area (Å²) in [5.41, 5.74) is 4.97. The molecule has 7 rings (SSSR count). The maximum Gasteiger partial charge on any atom is 0.341 e. The average Bonchev–Trinajstić information content (AvgIpc) is 3.24. The van der Waals surface area contributed by atoms with Crippen LogP contribution in [0.3, 0.4) is 0 Å². The molecule has 11 nitrogen and oxygen atoms in total. The van der Waals surface area contributed by atoms with Crippen molar-refractivity contribution in [3.63, 3.8) is 0 Å². The van der Waals surface area contributed by atoms with Crippen LogP contribution in [0.5, 0.6) is 11.5 Å². The van der Waals surface area contributed by atoms with Gasteiger partial charge in [-0.15, -0.1) is 0 Å². The Morgan fingerprint density at radius 2 is 1.76 bits per heavy atom. The molecule has 4 heterocycles. The van der Waals surface area contributed by atoms with Crippen LogP contribution in [0.15, 0.2) is 65.6 Å². The van der Waals surface area contributed by atoms with Gasteiger partial charge in [-0.1, -0.05) is 36.4 Å². The monoisotopic (exact) mass is 698 g/mol. The summed E-state index contributed by atoms with van der Waals surface area (Å²) in [7, 11) is 6.13. The molecule has 0 radical (unpaired) electrons. The number of carbonyl (C=O) groups is 2. The molecule has 1 aromatic heterocycles. The lowest BCUT2D eigenvalue weighted by molar-refractivity contribution is -0.136. The van der Waals surface area contributed by atoms with Crippen LogP contribution in [-0.2, 0) is 17.8 Å². The van der Waals surface area contributed by atoms with E-state index in [1.807, 2.05) is 49.2 Å². The SMILES string of the molecule is CC1COc2c(N3CCN(C)CC3)c(F)cc3c(=O)c(C(=O)O)cn1c23.CN(C)CC/C=C1/c2ccccc2COc2ccc(CC(=O)O)cc21. The molecule has 3 aromatic carbocycles. The van der Waals surface area contributed by atoms with E-state index >= 15 is 0 Å². The molecule has 0 aliphatic carbocycles. The van der Waals surface area contributed by atoms with Crippen LogP contribution in [0.2, 0.25) is 0 Å². The first kappa shape index (κ1) is 35.6. The molecule has 3 aliphatic rings. The minimum absolute atomic E-state index is 0.0138. The van der Waals surface area contributed by atoms with Crippen molar-refractivity contribution in [1.29, 1.82) is 0 Å². The number of carboxylic acid groups (broad SMARTS) is 2. The van der Waals surface area contributed by atoms with Crippen molar-refractivity contribution in [2.24, 2.45) is 0 Å². The number of fused-ring (bicyclic) bond motifs is 2. The fraction of sp³-hybridized carbons (Fsp3) is 0.359. The lowest BCUT2D eigenvalue weighted by atomic mass is 9.92. The Hall–Kier alpha value is -5.20. The highest BCUT2D eigenvalue weighted by molar-refractivity contribution is 5.97. The van der Waals surface area contributed by atoms with E-state index in [9.17, 15) is 23.9 Å². The number of halogens is 1. The van der Waals surface area contributed by atoms with Crippen molar-refractivity contribution >= 4 is 34.1 Å². The lowest BCUT2D eigenvalue weighted by Crippen LogP contribution is -2.45. The van der Waals surface area contributed by atoms with Crippen LogP contribution in [0.4, 0.5) is 10.1 Å². The summed E-state index contributed by atoms with van der Waals surface area (Å²) in [6, 6.07) is 14.9. The van der Waals surface area contributed by atoms with Crippen molar-refractivity contribution in [3.8, 4) is 11.5 Å². The van der Waals surface area contributed by atoms with Crippen LogP contribution in [0.25, 0.3) is 16.5 Å².